The highest BCUT2D eigenvalue weighted by molar-refractivity contribution is 7.98. The van der Waals surface area contributed by atoms with Crippen LogP contribution in [0.3, 0.4) is 0 Å². The number of rotatable bonds is 11. The van der Waals surface area contributed by atoms with Crippen LogP contribution in [0.4, 0.5) is 0 Å². The molecule has 0 aliphatic heterocycles. The lowest BCUT2D eigenvalue weighted by Crippen LogP contribution is -2.13. The van der Waals surface area contributed by atoms with E-state index in [4.69, 9.17) is 0 Å². The number of ether oxygens (including phenoxy) is 1. The normalized spacial score (nSPS) is 10.7. The summed E-state index contributed by atoms with van der Waals surface area (Å²) in [4.78, 5) is 13.5. The van der Waals surface area contributed by atoms with Gasteiger partial charge in [-0.05, 0) is 43.5 Å². The number of hydrogen-bond donors (Lipinski definition) is 1. The van der Waals surface area contributed by atoms with Gasteiger partial charge in [0.15, 0.2) is 0 Å². The Morgan fingerprint density at radius 1 is 1.25 bits per heavy atom. The zero-order valence-electron chi connectivity index (χ0n) is 12.4. The standard InChI is InChI=1S/C15H25NO2S2/c1-18-15(17)11-13-7-8-14(20-13)12-16-9-5-3-4-6-10-19-2/h7-8,16H,3-6,9-12H2,1-2H3. The van der Waals surface area contributed by atoms with Gasteiger partial charge in [-0.2, -0.15) is 11.8 Å². The number of unbranched alkanes of at least 4 members (excludes halogenated alkanes) is 3. The van der Waals surface area contributed by atoms with Gasteiger partial charge in [0.25, 0.3) is 0 Å². The fourth-order valence-corrected chi connectivity index (χ4v) is 3.35. The van der Waals surface area contributed by atoms with Crippen LogP contribution in [0.25, 0.3) is 0 Å². The quantitative estimate of drug-likeness (QED) is 0.501. The fraction of sp³-hybridized carbons (Fsp3) is 0.667. The molecule has 1 aromatic rings. The number of carbonyl (C=O) groups is 1. The summed E-state index contributed by atoms with van der Waals surface area (Å²) >= 11 is 3.61. The van der Waals surface area contributed by atoms with E-state index in [0.29, 0.717) is 6.42 Å². The van der Waals surface area contributed by atoms with E-state index in [9.17, 15) is 4.79 Å². The van der Waals surface area contributed by atoms with Gasteiger partial charge in [-0.1, -0.05) is 12.8 Å². The predicted octanol–water partition coefficient (Wildman–Crippen LogP) is 3.48. The van der Waals surface area contributed by atoms with Gasteiger partial charge >= 0.3 is 5.97 Å². The summed E-state index contributed by atoms with van der Waals surface area (Å²) in [5.74, 6) is 1.11. The summed E-state index contributed by atoms with van der Waals surface area (Å²) in [6.45, 7) is 1.97. The molecule has 0 bridgehead atoms. The van der Waals surface area contributed by atoms with E-state index in [0.717, 1.165) is 18.0 Å². The monoisotopic (exact) mass is 315 g/mol. The zero-order valence-corrected chi connectivity index (χ0v) is 14.1. The Labute approximate surface area is 130 Å². The van der Waals surface area contributed by atoms with Gasteiger partial charge in [0.05, 0.1) is 13.5 Å². The van der Waals surface area contributed by atoms with Crippen LogP contribution in [0.2, 0.25) is 0 Å². The highest BCUT2D eigenvalue weighted by Gasteiger charge is 2.05. The molecule has 0 aromatic carbocycles. The van der Waals surface area contributed by atoms with E-state index in [-0.39, 0.29) is 5.97 Å². The second kappa shape index (κ2) is 11.2. The van der Waals surface area contributed by atoms with Gasteiger partial charge in [0, 0.05) is 16.3 Å². The molecule has 0 aliphatic rings. The molecule has 0 spiro atoms. The number of esters is 1. The van der Waals surface area contributed by atoms with Gasteiger partial charge in [-0.15, -0.1) is 11.3 Å². The number of hydrogen-bond acceptors (Lipinski definition) is 5. The summed E-state index contributed by atoms with van der Waals surface area (Å²) < 4.78 is 4.67. The number of thiophene rings is 1. The Balaban J connectivity index is 2.06. The molecule has 3 nitrogen and oxygen atoms in total. The van der Waals surface area contributed by atoms with Crippen LogP contribution < -0.4 is 5.32 Å². The second-order valence-electron chi connectivity index (χ2n) is 4.70. The van der Waals surface area contributed by atoms with Gasteiger partial charge < -0.3 is 10.1 Å². The van der Waals surface area contributed by atoms with Crippen molar-refractivity contribution in [2.75, 3.05) is 25.7 Å². The Kier molecular flexibility index (Phi) is 9.79. The second-order valence-corrected chi connectivity index (χ2v) is 6.94. The van der Waals surface area contributed by atoms with Crippen LogP contribution in [-0.2, 0) is 22.5 Å². The molecular formula is C15H25NO2S2. The number of methoxy groups -OCH3 is 1. The minimum absolute atomic E-state index is 0.170. The molecule has 1 rings (SSSR count). The molecule has 1 heterocycles. The molecule has 0 fully saturated rings. The van der Waals surface area contributed by atoms with Crippen LogP contribution in [0.5, 0.6) is 0 Å². The van der Waals surface area contributed by atoms with E-state index in [1.165, 1.54) is 43.4 Å². The van der Waals surface area contributed by atoms with Crippen LogP contribution >= 0.6 is 23.1 Å². The topological polar surface area (TPSA) is 38.3 Å². The van der Waals surface area contributed by atoms with Crippen molar-refractivity contribution in [3.63, 3.8) is 0 Å². The van der Waals surface area contributed by atoms with Crippen molar-refractivity contribution in [3.05, 3.63) is 21.9 Å². The average molecular weight is 316 g/mol. The third-order valence-corrected chi connectivity index (χ3v) is 4.80. The van der Waals surface area contributed by atoms with E-state index in [2.05, 4.69) is 22.4 Å². The molecule has 0 saturated carbocycles. The molecule has 20 heavy (non-hydrogen) atoms. The van der Waals surface area contributed by atoms with Crippen molar-refractivity contribution >= 4 is 29.1 Å². The van der Waals surface area contributed by atoms with E-state index >= 15 is 0 Å². The van der Waals surface area contributed by atoms with E-state index in [1.807, 2.05) is 17.8 Å². The van der Waals surface area contributed by atoms with Crippen molar-refractivity contribution in [3.8, 4) is 0 Å². The third kappa shape index (κ3) is 7.92. The van der Waals surface area contributed by atoms with Crippen molar-refractivity contribution in [1.82, 2.24) is 5.32 Å². The molecule has 114 valence electrons. The van der Waals surface area contributed by atoms with Gasteiger partial charge in [0.1, 0.15) is 0 Å². The highest BCUT2D eigenvalue weighted by atomic mass is 32.2. The lowest BCUT2D eigenvalue weighted by atomic mass is 10.2. The minimum atomic E-state index is -0.170. The third-order valence-electron chi connectivity index (χ3n) is 3.01. The minimum Gasteiger partial charge on any atom is -0.469 e. The largest absolute Gasteiger partial charge is 0.469 e. The molecule has 0 amide bonds. The van der Waals surface area contributed by atoms with Crippen molar-refractivity contribution in [2.24, 2.45) is 0 Å². The number of carbonyl (C=O) groups excluding carboxylic acids is 1. The average Bonchev–Trinajstić information content (AvgIpc) is 2.89. The first kappa shape index (κ1) is 17.5. The maximum Gasteiger partial charge on any atom is 0.310 e. The molecule has 1 aromatic heterocycles. The molecule has 0 atom stereocenters. The Morgan fingerprint density at radius 3 is 2.75 bits per heavy atom. The number of nitrogens with one attached hydrogen (secondary N) is 1. The van der Waals surface area contributed by atoms with Crippen molar-refractivity contribution in [1.29, 1.82) is 0 Å². The van der Waals surface area contributed by atoms with Crippen molar-refractivity contribution in [2.45, 2.75) is 38.6 Å². The van der Waals surface area contributed by atoms with Gasteiger partial charge in [0.2, 0.25) is 0 Å². The summed E-state index contributed by atoms with van der Waals surface area (Å²) in [6, 6.07) is 4.11. The molecular weight excluding hydrogens is 290 g/mol. The zero-order chi connectivity index (χ0) is 14.6. The molecule has 0 unspecified atom stereocenters. The molecule has 5 heteroatoms. The van der Waals surface area contributed by atoms with Crippen molar-refractivity contribution < 1.29 is 9.53 Å². The van der Waals surface area contributed by atoms with Crippen LogP contribution in [0.1, 0.15) is 35.4 Å². The molecule has 0 aliphatic carbocycles. The maximum absolute atomic E-state index is 11.2. The first-order valence-corrected chi connectivity index (χ1v) is 9.31. The lowest BCUT2D eigenvalue weighted by Gasteiger charge is -2.03. The van der Waals surface area contributed by atoms with E-state index in [1.54, 1.807) is 11.3 Å². The Hall–Kier alpha value is -0.520. The van der Waals surface area contributed by atoms with Crippen LogP contribution in [0, 0.1) is 0 Å². The Morgan fingerprint density at radius 2 is 2.00 bits per heavy atom. The lowest BCUT2D eigenvalue weighted by molar-refractivity contribution is -0.139. The first-order chi connectivity index (χ1) is 9.76. The fourth-order valence-electron chi connectivity index (χ4n) is 1.89. The first-order valence-electron chi connectivity index (χ1n) is 7.10. The van der Waals surface area contributed by atoms with Crippen LogP contribution in [-0.4, -0.2) is 31.6 Å². The maximum atomic E-state index is 11.2. The summed E-state index contributed by atoms with van der Waals surface area (Å²) in [5, 5.41) is 3.46. The van der Waals surface area contributed by atoms with Crippen LogP contribution in [0.15, 0.2) is 12.1 Å². The molecule has 1 N–H and O–H groups in total. The molecule has 0 radical (unpaired) electrons. The predicted molar refractivity (Wildman–Crippen MR) is 88.6 cm³/mol. The highest BCUT2D eigenvalue weighted by Crippen LogP contribution is 2.17. The van der Waals surface area contributed by atoms with Gasteiger partial charge in [-0.3, -0.25) is 4.79 Å². The molecule has 0 saturated heterocycles. The summed E-state index contributed by atoms with van der Waals surface area (Å²) in [5.41, 5.74) is 0. The van der Waals surface area contributed by atoms with Gasteiger partial charge in [-0.25, -0.2) is 0 Å². The number of thioether (sulfide) groups is 1. The SMILES string of the molecule is COC(=O)Cc1ccc(CNCCCCCCSC)s1. The summed E-state index contributed by atoms with van der Waals surface area (Å²) in [7, 11) is 1.43. The Bertz CT molecular complexity index is 380. The smallest absolute Gasteiger partial charge is 0.310 e. The summed E-state index contributed by atoms with van der Waals surface area (Å²) in [6.07, 6.45) is 7.78. The van der Waals surface area contributed by atoms with E-state index < -0.39 is 0 Å².